The van der Waals surface area contributed by atoms with Gasteiger partial charge in [0.05, 0.1) is 35.2 Å². The Morgan fingerprint density at radius 3 is 2.54 bits per heavy atom. The highest BCUT2D eigenvalue weighted by Gasteiger charge is 2.40. The second-order valence-corrected chi connectivity index (χ2v) is 11.7. The molecule has 1 aliphatic rings. The molecular weight excluding hydrogens is 515 g/mol. The average molecular weight is 547 g/mol. The number of carbonyl (C=O) groups is 2. The van der Waals surface area contributed by atoms with Crippen molar-refractivity contribution in [2.24, 2.45) is 0 Å². The van der Waals surface area contributed by atoms with Crippen LogP contribution >= 0.6 is 11.8 Å². The van der Waals surface area contributed by atoms with Crippen molar-refractivity contribution in [3.63, 3.8) is 0 Å². The first-order chi connectivity index (χ1) is 18.6. The highest BCUT2D eigenvalue weighted by molar-refractivity contribution is 8.00. The van der Waals surface area contributed by atoms with E-state index in [1.165, 1.54) is 28.8 Å². The first-order valence-electron chi connectivity index (χ1n) is 12.8. The zero-order valence-corrected chi connectivity index (χ0v) is 23.2. The van der Waals surface area contributed by atoms with E-state index in [2.05, 4.69) is 45.1 Å². The average Bonchev–Trinajstić information content (AvgIpc) is 3.53. The summed E-state index contributed by atoms with van der Waals surface area (Å²) in [4.78, 5) is 28.4. The maximum absolute atomic E-state index is 13.9. The molecule has 9 heteroatoms. The van der Waals surface area contributed by atoms with Crippen molar-refractivity contribution in [2.75, 3.05) is 17.2 Å². The summed E-state index contributed by atoms with van der Waals surface area (Å²) in [5, 5.41) is 7.69. The van der Waals surface area contributed by atoms with Crippen LogP contribution in [0.4, 0.5) is 10.2 Å². The molecule has 0 aliphatic carbocycles. The number of aryl methyl sites for hydroxylation is 1. The molecule has 5 rings (SSSR count). The van der Waals surface area contributed by atoms with Crippen molar-refractivity contribution in [2.45, 2.75) is 44.9 Å². The molecule has 0 saturated heterocycles. The summed E-state index contributed by atoms with van der Waals surface area (Å²) >= 11 is 1.53. The Hall–Kier alpha value is -3.85. The van der Waals surface area contributed by atoms with Gasteiger partial charge in [-0.1, -0.05) is 45.0 Å². The molecule has 2 aromatic heterocycles. The first-order valence-corrected chi connectivity index (χ1v) is 13.8. The summed E-state index contributed by atoms with van der Waals surface area (Å²) < 4.78 is 20.9. The Bertz CT molecular complexity index is 1490. The maximum Gasteiger partial charge on any atom is 0.240 e. The van der Waals surface area contributed by atoms with Gasteiger partial charge in [0.1, 0.15) is 23.9 Å². The molecule has 2 amide bonds. The van der Waals surface area contributed by atoms with Crippen LogP contribution in [0, 0.1) is 12.7 Å². The van der Waals surface area contributed by atoms with Gasteiger partial charge in [-0.05, 0) is 54.4 Å². The van der Waals surface area contributed by atoms with Crippen LogP contribution in [-0.4, -0.2) is 33.9 Å². The van der Waals surface area contributed by atoms with Gasteiger partial charge in [-0.2, -0.15) is 5.10 Å². The van der Waals surface area contributed by atoms with Crippen LogP contribution < -0.4 is 10.2 Å². The van der Waals surface area contributed by atoms with Crippen LogP contribution in [0.25, 0.3) is 5.69 Å². The zero-order chi connectivity index (χ0) is 27.7. The lowest BCUT2D eigenvalue weighted by atomic mass is 9.86. The van der Waals surface area contributed by atoms with Gasteiger partial charge >= 0.3 is 0 Å². The first kappa shape index (κ1) is 26.7. The molecular formula is C30H31FN4O3S. The summed E-state index contributed by atoms with van der Waals surface area (Å²) in [6.45, 7) is 8.32. The van der Waals surface area contributed by atoms with Crippen molar-refractivity contribution >= 4 is 29.4 Å². The van der Waals surface area contributed by atoms with Crippen LogP contribution in [-0.2, 0) is 21.5 Å². The van der Waals surface area contributed by atoms with Gasteiger partial charge < -0.3 is 9.73 Å². The number of furan rings is 1. The standard InChI is InChI=1S/C30H31FN4O3S/c1-19-8-5-6-10-23(19)27-26-28(30(2,3)4)33-35(21-13-11-20(31)12-14-21)29(26)34(25(37)18-39-27)17-24(36)32-16-22-9-7-15-38-22/h5-15,27H,16-18H2,1-4H3,(H,32,36)/t27-/m1/s1. The molecule has 4 aromatic rings. The van der Waals surface area contributed by atoms with Crippen LogP contribution in [0.3, 0.4) is 0 Å². The fourth-order valence-corrected chi connectivity index (χ4v) is 6.05. The number of amides is 2. The predicted octanol–water partition coefficient (Wildman–Crippen LogP) is 5.70. The highest BCUT2D eigenvalue weighted by atomic mass is 32.2. The third-order valence-electron chi connectivity index (χ3n) is 6.68. The van der Waals surface area contributed by atoms with E-state index in [0.717, 1.165) is 22.4 Å². The Labute approximate surface area is 231 Å². The van der Waals surface area contributed by atoms with E-state index in [0.29, 0.717) is 17.3 Å². The fourth-order valence-electron chi connectivity index (χ4n) is 4.76. The van der Waals surface area contributed by atoms with Crippen LogP contribution in [0.5, 0.6) is 0 Å². The van der Waals surface area contributed by atoms with Gasteiger partial charge in [0.25, 0.3) is 0 Å². The lowest BCUT2D eigenvalue weighted by Gasteiger charge is -2.25. The monoisotopic (exact) mass is 546 g/mol. The zero-order valence-electron chi connectivity index (χ0n) is 22.4. The molecule has 202 valence electrons. The number of halogens is 1. The lowest BCUT2D eigenvalue weighted by Crippen LogP contribution is -2.42. The summed E-state index contributed by atoms with van der Waals surface area (Å²) in [6.07, 6.45) is 1.55. The number of aromatic nitrogens is 2. The number of thioether (sulfide) groups is 1. The molecule has 3 heterocycles. The number of anilines is 1. The van der Waals surface area contributed by atoms with E-state index in [4.69, 9.17) is 9.52 Å². The second kappa shape index (κ2) is 10.7. The molecule has 0 fully saturated rings. The van der Waals surface area contributed by atoms with Gasteiger partial charge in [0.2, 0.25) is 11.8 Å². The Kier molecular flexibility index (Phi) is 7.36. The van der Waals surface area contributed by atoms with Crippen molar-refractivity contribution in [1.82, 2.24) is 15.1 Å². The minimum Gasteiger partial charge on any atom is -0.467 e. The Morgan fingerprint density at radius 2 is 1.87 bits per heavy atom. The molecule has 1 N–H and O–H groups in total. The van der Waals surface area contributed by atoms with Gasteiger partial charge in [0, 0.05) is 11.0 Å². The minimum absolute atomic E-state index is 0.187. The smallest absolute Gasteiger partial charge is 0.240 e. The number of nitrogens with zero attached hydrogens (tertiary/aromatic N) is 3. The van der Waals surface area contributed by atoms with Crippen molar-refractivity contribution in [3.8, 4) is 5.69 Å². The van der Waals surface area contributed by atoms with Crippen LogP contribution in [0.1, 0.15) is 54.2 Å². The highest BCUT2D eigenvalue weighted by Crippen LogP contribution is 2.49. The number of carbonyl (C=O) groups excluding carboxylic acids is 2. The number of hydrogen-bond donors (Lipinski definition) is 1. The number of nitrogens with one attached hydrogen (secondary N) is 1. The van der Waals surface area contributed by atoms with E-state index in [1.54, 1.807) is 35.2 Å². The molecule has 0 spiro atoms. The number of benzene rings is 2. The van der Waals surface area contributed by atoms with E-state index >= 15 is 0 Å². The largest absolute Gasteiger partial charge is 0.467 e. The minimum atomic E-state index is -0.378. The van der Waals surface area contributed by atoms with Gasteiger partial charge in [-0.15, -0.1) is 11.8 Å². The van der Waals surface area contributed by atoms with Crippen LogP contribution in [0.15, 0.2) is 71.3 Å². The van der Waals surface area contributed by atoms with E-state index in [9.17, 15) is 14.0 Å². The fraction of sp³-hybridized carbons (Fsp3) is 0.300. The summed E-state index contributed by atoms with van der Waals surface area (Å²) in [5.74, 6) is 0.442. The molecule has 0 bridgehead atoms. The van der Waals surface area contributed by atoms with Crippen molar-refractivity contribution in [1.29, 1.82) is 0 Å². The topological polar surface area (TPSA) is 80.4 Å². The van der Waals surface area contributed by atoms with E-state index < -0.39 is 0 Å². The van der Waals surface area contributed by atoms with Crippen LogP contribution in [0.2, 0.25) is 0 Å². The van der Waals surface area contributed by atoms with Gasteiger partial charge in [-0.3, -0.25) is 14.5 Å². The molecule has 0 radical (unpaired) electrons. The normalized spacial score (nSPS) is 15.7. The Morgan fingerprint density at radius 1 is 1.13 bits per heavy atom. The summed E-state index contributed by atoms with van der Waals surface area (Å²) in [5.41, 5.74) is 4.12. The quantitative estimate of drug-likeness (QED) is 0.336. The van der Waals surface area contributed by atoms with E-state index in [-0.39, 0.29) is 47.1 Å². The summed E-state index contributed by atoms with van der Waals surface area (Å²) in [7, 11) is 0. The van der Waals surface area contributed by atoms with Gasteiger partial charge in [0.15, 0.2) is 0 Å². The third kappa shape index (κ3) is 5.49. The van der Waals surface area contributed by atoms with E-state index in [1.807, 2.05) is 12.1 Å². The maximum atomic E-state index is 13.9. The summed E-state index contributed by atoms with van der Waals surface area (Å²) in [6, 6.07) is 17.7. The van der Waals surface area contributed by atoms with Crippen molar-refractivity contribution < 1.29 is 18.4 Å². The molecule has 1 aliphatic heterocycles. The van der Waals surface area contributed by atoms with Gasteiger partial charge in [-0.25, -0.2) is 9.07 Å². The molecule has 0 saturated carbocycles. The molecule has 2 aromatic carbocycles. The molecule has 1 atom stereocenters. The molecule has 0 unspecified atom stereocenters. The lowest BCUT2D eigenvalue weighted by molar-refractivity contribution is -0.123. The molecule has 39 heavy (non-hydrogen) atoms. The number of rotatable bonds is 6. The predicted molar refractivity (Wildman–Crippen MR) is 151 cm³/mol. The molecule has 7 nitrogen and oxygen atoms in total. The Balaban J connectivity index is 1.68. The second-order valence-electron chi connectivity index (χ2n) is 10.6. The number of fused-ring (bicyclic) bond motifs is 1. The van der Waals surface area contributed by atoms with Crippen molar-refractivity contribution in [3.05, 3.63) is 101 Å². The SMILES string of the molecule is Cc1ccccc1[C@H]1SCC(=O)N(CC(=O)NCc2ccco2)c2c1c(C(C)(C)C)nn2-c1ccc(F)cc1. The third-order valence-corrected chi connectivity index (χ3v) is 7.92. The number of hydrogen-bond acceptors (Lipinski definition) is 5.